The van der Waals surface area contributed by atoms with Crippen LogP contribution in [0.1, 0.15) is 23.6 Å². The summed E-state index contributed by atoms with van der Waals surface area (Å²) in [5.74, 6) is 1.10. The maximum absolute atomic E-state index is 12.1. The molecule has 0 spiro atoms. The van der Waals surface area contributed by atoms with Crippen molar-refractivity contribution in [3.05, 3.63) is 71.3 Å². The van der Waals surface area contributed by atoms with Gasteiger partial charge in [-0.3, -0.25) is 4.79 Å². The molecule has 0 fully saturated rings. The van der Waals surface area contributed by atoms with Gasteiger partial charge in [-0.25, -0.2) is 5.43 Å². The molecule has 5 heteroatoms. The molecule has 0 saturated carbocycles. The molecule has 144 valence electrons. The van der Waals surface area contributed by atoms with Gasteiger partial charge in [0.25, 0.3) is 5.91 Å². The average Bonchev–Trinajstić information content (AvgIpc) is 2.70. The number of carbonyl (C=O) groups is 1. The fourth-order valence-corrected chi connectivity index (χ4v) is 2.90. The minimum Gasteiger partial charge on any atom is -0.493 e. The van der Waals surface area contributed by atoms with Gasteiger partial charge in [-0.2, -0.15) is 5.10 Å². The third kappa shape index (κ3) is 4.68. The van der Waals surface area contributed by atoms with Gasteiger partial charge in [0, 0.05) is 5.56 Å². The summed E-state index contributed by atoms with van der Waals surface area (Å²) in [6, 6.07) is 17.8. The first-order valence-electron chi connectivity index (χ1n) is 9.25. The van der Waals surface area contributed by atoms with E-state index >= 15 is 0 Å². The van der Waals surface area contributed by atoms with Gasteiger partial charge in [-0.1, -0.05) is 42.5 Å². The normalized spacial score (nSPS) is 11.0. The Bertz CT molecular complexity index is 1010. The van der Waals surface area contributed by atoms with Gasteiger partial charge in [0.2, 0.25) is 0 Å². The number of hydrazone groups is 1. The first kappa shape index (κ1) is 19.4. The van der Waals surface area contributed by atoms with E-state index in [-0.39, 0.29) is 12.5 Å². The van der Waals surface area contributed by atoms with E-state index in [0.717, 1.165) is 33.2 Å². The zero-order chi connectivity index (χ0) is 19.9. The van der Waals surface area contributed by atoms with Gasteiger partial charge in [0.15, 0.2) is 6.61 Å². The summed E-state index contributed by atoms with van der Waals surface area (Å²) in [4.78, 5) is 12.1. The topological polar surface area (TPSA) is 59.9 Å². The number of benzene rings is 3. The highest BCUT2D eigenvalue weighted by Crippen LogP contribution is 2.26. The second-order valence-electron chi connectivity index (χ2n) is 6.48. The number of nitrogens with zero attached hydrogens (tertiary/aromatic N) is 1. The maximum Gasteiger partial charge on any atom is 0.277 e. The summed E-state index contributed by atoms with van der Waals surface area (Å²) in [6.45, 7) is 6.31. The van der Waals surface area contributed by atoms with Crippen LogP contribution in [0.5, 0.6) is 11.5 Å². The monoisotopic (exact) mass is 376 g/mol. The van der Waals surface area contributed by atoms with Crippen molar-refractivity contribution in [2.45, 2.75) is 20.8 Å². The van der Waals surface area contributed by atoms with E-state index in [0.29, 0.717) is 12.4 Å². The SMILES string of the molecule is CCOc1ccc2ccccc2c1/C=N/NC(=O)COc1cc(C)ccc1C. The molecule has 1 N–H and O–H groups in total. The van der Waals surface area contributed by atoms with Crippen molar-refractivity contribution in [3.63, 3.8) is 0 Å². The molecule has 1 amide bonds. The van der Waals surface area contributed by atoms with Crippen molar-refractivity contribution < 1.29 is 14.3 Å². The van der Waals surface area contributed by atoms with Gasteiger partial charge >= 0.3 is 0 Å². The molecule has 0 aliphatic heterocycles. The minimum absolute atomic E-state index is 0.102. The summed E-state index contributed by atoms with van der Waals surface area (Å²) >= 11 is 0. The van der Waals surface area contributed by atoms with Gasteiger partial charge in [0.05, 0.1) is 12.8 Å². The Hall–Kier alpha value is -3.34. The Labute approximate surface area is 165 Å². The molecule has 3 rings (SSSR count). The van der Waals surface area contributed by atoms with Crippen LogP contribution in [-0.2, 0) is 4.79 Å². The van der Waals surface area contributed by atoms with E-state index < -0.39 is 0 Å². The number of nitrogens with one attached hydrogen (secondary N) is 1. The largest absolute Gasteiger partial charge is 0.493 e. The molecule has 28 heavy (non-hydrogen) atoms. The molecule has 0 aliphatic carbocycles. The van der Waals surface area contributed by atoms with E-state index in [9.17, 15) is 4.79 Å². The lowest BCUT2D eigenvalue weighted by Crippen LogP contribution is -2.24. The molecule has 0 heterocycles. The number of hydrogen-bond acceptors (Lipinski definition) is 4. The molecule has 0 bridgehead atoms. The number of ether oxygens (including phenoxy) is 2. The molecule has 0 aliphatic rings. The number of rotatable bonds is 7. The molecule has 3 aromatic rings. The first-order chi connectivity index (χ1) is 13.6. The standard InChI is InChI=1S/C23H24N2O3/c1-4-27-21-12-11-18-7-5-6-8-19(18)20(21)14-24-25-23(26)15-28-22-13-16(2)9-10-17(22)3/h5-14H,4,15H2,1-3H3,(H,25,26)/b24-14+. The van der Waals surface area contributed by atoms with Crippen LogP contribution in [0, 0.1) is 13.8 Å². The van der Waals surface area contributed by atoms with Crippen molar-refractivity contribution in [2.24, 2.45) is 5.10 Å². The maximum atomic E-state index is 12.1. The lowest BCUT2D eigenvalue weighted by atomic mass is 10.0. The van der Waals surface area contributed by atoms with Gasteiger partial charge in [-0.05, 0) is 54.8 Å². The highest BCUT2D eigenvalue weighted by Gasteiger charge is 2.08. The second kappa shape index (κ2) is 9.04. The van der Waals surface area contributed by atoms with E-state index in [4.69, 9.17) is 9.47 Å². The summed E-state index contributed by atoms with van der Waals surface area (Å²) in [6.07, 6.45) is 1.61. The molecule has 5 nitrogen and oxygen atoms in total. The van der Waals surface area contributed by atoms with Crippen molar-refractivity contribution >= 4 is 22.9 Å². The van der Waals surface area contributed by atoms with Crippen molar-refractivity contribution in [2.75, 3.05) is 13.2 Å². The molecule has 0 radical (unpaired) electrons. The van der Waals surface area contributed by atoms with Crippen LogP contribution < -0.4 is 14.9 Å². The smallest absolute Gasteiger partial charge is 0.277 e. The van der Waals surface area contributed by atoms with Gasteiger partial charge < -0.3 is 9.47 Å². The summed E-state index contributed by atoms with van der Waals surface area (Å²) in [7, 11) is 0. The third-order valence-electron chi connectivity index (χ3n) is 4.32. The van der Waals surface area contributed by atoms with Gasteiger partial charge in [0.1, 0.15) is 11.5 Å². The summed E-state index contributed by atoms with van der Waals surface area (Å²) in [5.41, 5.74) is 5.42. The van der Waals surface area contributed by atoms with Crippen LogP contribution in [0.2, 0.25) is 0 Å². The number of fused-ring (bicyclic) bond motifs is 1. The van der Waals surface area contributed by atoms with Crippen LogP contribution >= 0.6 is 0 Å². The Balaban J connectivity index is 1.69. The number of amides is 1. The van der Waals surface area contributed by atoms with Gasteiger partial charge in [-0.15, -0.1) is 0 Å². The zero-order valence-electron chi connectivity index (χ0n) is 16.4. The van der Waals surface area contributed by atoms with Crippen molar-refractivity contribution in [1.29, 1.82) is 0 Å². The molecule has 0 atom stereocenters. The third-order valence-corrected chi connectivity index (χ3v) is 4.32. The van der Waals surface area contributed by atoms with E-state index in [1.807, 2.05) is 75.4 Å². The Morgan fingerprint density at radius 3 is 2.68 bits per heavy atom. The van der Waals surface area contributed by atoms with Crippen LogP contribution in [0.4, 0.5) is 0 Å². The second-order valence-corrected chi connectivity index (χ2v) is 6.48. The highest BCUT2D eigenvalue weighted by molar-refractivity contribution is 6.02. The summed E-state index contributed by atoms with van der Waals surface area (Å²) < 4.78 is 11.3. The van der Waals surface area contributed by atoms with Crippen LogP contribution in [0.3, 0.4) is 0 Å². The molecule has 0 saturated heterocycles. The van der Waals surface area contributed by atoms with Crippen molar-refractivity contribution in [1.82, 2.24) is 5.43 Å². The van der Waals surface area contributed by atoms with Crippen LogP contribution in [-0.4, -0.2) is 25.3 Å². The number of aryl methyl sites for hydroxylation is 2. The van der Waals surface area contributed by atoms with Crippen LogP contribution in [0.25, 0.3) is 10.8 Å². The minimum atomic E-state index is -0.324. The van der Waals surface area contributed by atoms with Crippen LogP contribution in [0.15, 0.2) is 59.7 Å². The van der Waals surface area contributed by atoms with E-state index in [2.05, 4.69) is 10.5 Å². The van der Waals surface area contributed by atoms with E-state index in [1.165, 1.54) is 0 Å². The summed E-state index contributed by atoms with van der Waals surface area (Å²) in [5, 5.41) is 6.19. The Morgan fingerprint density at radius 1 is 1.04 bits per heavy atom. The molecular weight excluding hydrogens is 352 g/mol. The quantitative estimate of drug-likeness (QED) is 0.492. The number of hydrogen-bond donors (Lipinski definition) is 1. The lowest BCUT2D eigenvalue weighted by Gasteiger charge is -2.10. The zero-order valence-corrected chi connectivity index (χ0v) is 16.4. The fraction of sp³-hybridized carbons (Fsp3) is 0.217. The molecule has 3 aromatic carbocycles. The lowest BCUT2D eigenvalue weighted by molar-refractivity contribution is -0.123. The van der Waals surface area contributed by atoms with Crippen molar-refractivity contribution in [3.8, 4) is 11.5 Å². The average molecular weight is 376 g/mol. The Morgan fingerprint density at radius 2 is 1.86 bits per heavy atom. The molecular formula is C23H24N2O3. The predicted molar refractivity (Wildman–Crippen MR) is 112 cm³/mol. The predicted octanol–water partition coefficient (Wildman–Crippen LogP) is 4.38. The van der Waals surface area contributed by atoms with E-state index in [1.54, 1.807) is 6.21 Å². The Kier molecular flexibility index (Phi) is 6.27. The number of carbonyl (C=O) groups excluding carboxylic acids is 1. The highest BCUT2D eigenvalue weighted by atomic mass is 16.5. The molecule has 0 aromatic heterocycles. The molecule has 0 unspecified atom stereocenters. The fourth-order valence-electron chi connectivity index (χ4n) is 2.90. The first-order valence-corrected chi connectivity index (χ1v) is 9.25.